The lowest BCUT2D eigenvalue weighted by atomic mass is 10.1. The molecule has 0 aliphatic carbocycles. The number of hydrogen-bond donors (Lipinski definition) is 1. The molecule has 0 saturated carbocycles. The number of halogens is 2. The monoisotopic (exact) mass is 188 g/mol. The summed E-state index contributed by atoms with van der Waals surface area (Å²) < 4.78 is 25.2. The van der Waals surface area contributed by atoms with Crippen molar-refractivity contribution in [1.29, 1.82) is 0 Å². The molecule has 0 fully saturated rings. The van der Waals surface area contributed by atoms with Crippen molar-refractivity contribution >= 4 is 12.6 Å². The first-order chi connectivity index (χ1) is 5.72. The third kappa shape index (κ3) is 2.81. The van der Waals surface area contributed by atoms with Crippen LogP contribution in [0, 0.1) is 11.6 Å². The number of rotatable bonds is 3. The summed E-state index contributed by atoms with van der Waals surface area (Å²) in [6.07, 6.45) is 1.52. The van der Waals surface area contributed by atoms with Gasteiger partial charge in [-0.1, -0.05) is 0 Å². The Morgan fingerprint density at radius 2 is 1.67 bits per heavy atom. The Labute approximate surface area is 76.0 Å². The fraction of sp³-hybridized carbons (Fsp3) is 0.333. The van der Waals surface area contributed by atoms with Crippen molar-refractivity contribution in [2.24, 2.45) is 0 Å². The second-order valence-electron chi connectivity index (χ2n) is 2.60. The average Bonchev–Trinajstić information content (AvgIpc) is 1.99. The van der Waals surface area contributed by atoms with Gasteiger partial charge in [-0.3, -0.25) is 0 Å². The summed E-state index contributed by atoms with van der Waals surface area (Å²) >= 11 is 4.02. The van der Waals surface area contributed by atoms with Crippen molar-refractivity contribution in [2.45, 2.75) is 12.8 Å². The van der Waals surface area contributed by atoms with E-state index in [0.29, 0.717) is 12.0 Å². The third-order valence-corrected chi connectivity index (χ3v) is 1.86. The molecular formula is C9H10F2S. The maximum Gasteiger partial charge on any atom is 0.126 e. The van der Waals surface area contributed by atoms with Crippen LogP contribution in [-0.4, -0.2) is 5.75 Å². The maximum atomic E-state index is 12.6. The Balaban J connectivity index is 2.72. The van der Waals surface area contributed by atoms with E-state index in [9.17, 15) is 8.78 Å². The second kappa shape index (κ2) is 4.45. The first-order valence-electron chi connectivity index (χ1n) is 3.78. The molecule has 0 N–H and O–H groups in total. The predicted octanol–water partition coefficient (Wildman–Crippen LogP) is 2.83. The summed E-state index contributed by atoms with van der Waals surface area (Å²) in [6.45, 7) is 0. The summed E-state index contributed by atoms with van der Waals surface area (Å²) in [7, 11) is 0. The van der Waals surface area contributed by atoms with Gasteiger partial charge < -0.3 is 0 Å². The Morgan fingerprint density at radius 1 is 1.08 bits per heavy atom. The van der Waals surface area contributed by atoms with Crippen molar-refractivity contribution < 1.29 is 8.78 Å². The van der Waals surface area contributed by atoms with Gasteiger partial charge in [-0.05, 0) is 36.3 Å². The van der Waals surface area contributed by atoms with Gasteiger partial charge in [0.1, 0.15) is 11.6 Å². The predicted molar refractivity (Wildman–Crippen MR) is 48.5 cm³/mol. The van der Waals surface area contributed by atoms with Crippen molar-refractivity contribution in [2.75, 3.05) is 5.75 Å². The van der Waals surface area contributed by atoms with Crippen LogP contribution in [0.3, 0.4) is 0 Å². The van der Waals surface area contributed by atoms with E-state index in [2.05, 4.69) is 12.6 Å². The molecule has 0 nitrogen and oxygen atoms in total. The van der Waals surface area contributed by atoms with E-state index >= 15 is 0 Å². The average molecular weight is 188 g/mol. The normalized spacial score (nSPS) is 10.2. The van der Waals surface area contributed by atoms with Crippen LogP contribution in [0.15, 0.2) is 18.2 Å². The van der Waals surface area contributed by atoms with E-state index in [1.54, 1.807) is 0 Å². The molecular weight excluding hydrogens is 178 g/mol. The van der Waals surface area contributed by atoms with E-state index in [4.69, 9.17) is 0 Å². The SMILES string of the molecule is Fc1cc(F)cc(CCCS)c1. The zero-order valence-electron chi connectivity index (χ0n) is 6.56. The van der Waals surface area contributed by atoms with Gasteiger partial charge in [0.2, 0.25) is 0 Å². The van der Waals surface area contributed by atoms with Crippen LogP contribution < -0.4 is 0 Å². The minimum atomic E-state index is -0.510. The zero-order chi connectivity index (χ0) is 8.97. The van der Waals surface area contributed by atoms with Gasteiger partial charge in [0, 0.05) is 6.07 Å². The summed E-state index contributed by atoms with van der Waals surface area (Å²) in [4.78, 5) is 0. The zero-order valence-corrected chi connectivity index (χ0v) is 7.45. The first kappa shape index (κ1) is 9.52. The number of aryl methyl sites for hydroxylation is 1. The molecule has 1 rings (SSSR count). The van der Waals surface area contributed by atoms with Crippen molar-refractivity contribution in [1.82, 2.24) is 0 Å². The number of benzene rings is 1. The highest BCUT2D eigenvalue weighted by molar-refractivity contribution is 7.80. The molecule has 1 aromatic carbocycles. The molecule has 0 aliphatic rings. The standard InChI is InChI=1S/C9H10F2S/c10-8-4-7(2-1-3-12)5-9(11)6-8/h4-6,12H,1-3H2. The van der Waals surface area contributed by atoms with Crippen LogP contribution >= 0.6 is 12.6 Å². The summed E-state index contributed by atoms with van der Waals surface area (Å²) in [5.41, 5.74) is 0.696. The second-order valence-corrected chi connectivity index (χ2v) is 3.05. The Bertz CT molecular complexity index is 240. The molecule has 0 aromatic heterocycles. The summed E-state index contributed by atoms with van der Waals surface area (Å²) in [6, 6.07) is 3.59. The van der Waals surface area contributed by atoms with Crippen LogP contribution in [0.25, 0.3) is 0 Å². The molecule has 0 saturated heterocycles. The van der Waals surface area contributed by atoms with Crippen LogP contribution in [0.2, 0.25) is 0 Å². The summed E-state index contributed by atoms with van der Waals surface area (Å²) in [5.74, 6) is -0.286. The fourth-order valence-electron chi connectivity index (χ4n) is 1.04. The van der Waals surface area contributed by atoms with Crippen molar-refractivity contribution in [3.05, 3.63) is 35.4 Å². The van der Waals surface area contributed by atoms with Gasteiger partial charge in [-0.25, -0.2) is 8.78 Å². The van der Waals surface area contributed by atoms with Crippen LogP contribution in [-0.2, 0) is 6.42 Å². The van der Waals surface area contributed by atoms with E-state index in [1.165, 1.54) is 12.1 Å². The Hall–Kier alpha value is -0.570. The van der Waals surface area contributed by atoms with Crippen molar-refractivity contribution in [3.8, 4) is 0 Å². The Kier molecular flexibility index (Phi) is 3.53. The van der Waals surface area contributed by atoms with Gasteiger partial charge in [0.15, 0.2) is 0 Å². The molecule has 0 aliphatic heterocycles. The summed E-state index contributed by atoms with van der Waals surface area (Å²) in [5, 5.41) is 0. The lowest BCUT2D eigenvalue weighted by molar-refractivity contribution is 0.579. The van der Waals surface area contributed by atoms with Crippen LogP contribution in [0.1, 0.15) is 12.0 Å². The van der Waals surface area contributed by atoms with Crippen LogP contribution in [0.5, 0.6) is 0 Å². The molecule has 0 bridgehead atoms. The minimum Gasteiger partial charge on any atom is -0.207 e. The highest BCUT2D eigenvalue weighted by Crippen LogP contribution is 2.09. The van der Waals surface area contributed by atoms with Gasteiger partial charge in [-0.15, -0.1) is 0 Å². The van der Waals surface area contributed by atoms with E-state index < -0.39 is 11.6 Å². The molecule has 3 heteroatoms. The smallest absolute Gasteiger partial charge is 0.126 e. The van der Waals surface area contributed by atoms with E-state index in [1.807, 2.05) is 0 Å². The lowest BCUT2D eigenvalue weighted by Gasteiger charge is -1.99. The molecule has 0 unspecified atom stereocenters. The number of hydrogen-bond acceptors (Lipinski definition) is 1. The molecule has 0 heterocycles. The largest absolute Gasteiger partial charge is 0.207 e. The number of thiol groups is 1. The quantitative estimate of drug-likeness (QED) is 0.693. The molecule has 0 amide bonds. The van der Waals surface area contributed by atoms with E-state index in [0.717, 1.165) is 18.2 Å². The van der Waals surface area contributed by atoms with Gasteiger partial charge in [0.05, 0.1) is 0 Å². The maximum absolute atomic E-state index is 12.6. The fourth-order valence-corrected chi connectivity index (χ4v) is 1.20. The van der Waals surface area contributed by atoms with Gasteiger partial charge in [-0.2, -0.15) is 12.6 Å². The van der Waals surface area contributed by atoms with Gasteiger partial charge >= 0.3 is 0 Å². The van der Waals surface area contributed by atoms with Crippen molar-refractivity contribution in [3.63, 3.8) is 0 Å². The molecule has 1 aromatic rings. The molecule has 0 radical (unpaired) electrons. The van der Waals surface area contributed by atoms with Crippen LogP contribution in [0.4, 0.5) is 8.78 Å². The topological polar surface area (TPSA) is 0 Å². The molecule has 0 atom stereocenters. The highest BCUT2D eigenvalue weighted by atomic mass is 32.1. The van der Waals surface area contributed by atoms with Gasteiger partial charge in [0.25, 0.3) is 0 Å². The first-order valence-corrected chi connectivity index (χ1v) is 4.41. The molecule has 12 heavy (non-hydrogen) atoms. The molecule has 66 valence electrons. The lowest BCUT2D eigenvalue weighted by Crippen LogP contribution is -1.89. The third-order valence-electron chi connectivity index (χ3n) is 1.55. The highest BCUT2D eigenvalue weighted by Gasteiger charge is 1.99. The minimum absolute atomic E-state index is 0.510. The van der Waals surface area contributed by atoms with E-state index in [-0.39, 0.29) is 0 Å². The molecule has 0 spiro atoms. The Morgan fingerprint density at radius 3 is 2.17 bits per heavy atom.